The lowest BCUT2D eigenvalue weighted by Crippen LogP contribution is -2.35. The number of carbonyl (C=O) groups excluding carboxylic acids is 7. The van der Waals surface area contributed by atoms with E-state index in [1.807, 2.05) is 0 Å². The average molecular weight is 1610 g/mol. The van der Waals surface area contributed by atoms with E-state index in [4.69, 9.17) is 75.8 Å². The number of nitrogens with zero attached hydrogens (tertiary/aromatic N) is 21. The zero-order chi connectivity index (χ0) is 81.3. The van der Waals surface area contributed by atoms with E-state index in [-0.39, 0.29) is 156 Å². The van der Waals surface area contributed by atoms with E-state index in [0.29, 0.717) is 53.1 Å². The molecule has 113 heavy (non-hydrogen) atoms. The molecule has 7 aromatic rings. The van der Waals surface area contributed by atoms with Gasteiger partial charge in [-0.15, -0.1) is 41.2 Å². The number of ether oxygens (including phenoxy) is 16. The first kappa shape index (κ1) is 88.3. The Morgan fingerprint density at radius 3 is 0.743 bits per heavy atom. The van der Waals surface area contributed by atoms with Crippen molar-refractivity contribution in [3.63, 3.8) is 0 Å². The maximum absolute atomic E-state index is 12.2. The van der Waals surface area contributed by atoms with Crippen LogP contribution in [-0.4, -0.2) is 270 Å². The van der Waals surface area contributed by atoms with E-state index >= 15 is 0 Å². The smallest absolute Gasteiger partial charge is 0.303 e. The maximum Gasteiger partial charge on any atom is 0.303 e. The lowest BCUT2D eigenvalue weighted by atomic mass is 10.2. The maximum atomic E-state index is 12.2. The lowest BCUT2D eigenvalue weighted by Gasteiger charge is -2.31. The molecular weight excluding hydrogens is 1510 g/mol. The molecule has 0 unspecified atom stereocenters. The van der Waals surface area contributed by atoms with Gasteiger partial charge in [-0.3, -0.25) is 33.6 Å². The molecule has 1 aliphatic heterocycles. The zero-order valence-electron chi connectivity index (χ0n) is 65.4. The highest BCUT2D eigenvalue weighted by Gasteiger charge is 2.34. The quantitative estimate of drug-likeness (QED) is 0.0126. The molecule has 618 valence electrons. The monoisotopic (exact) mass is 1610 g/mol. The van der Waals surface area contributed by atoms with Gasteiger partial charge in [0.05, 0.1) is 195 Å². The van der Waals surface area contributed by atoms with Crippen LogP contribution in [0.1, 0.15) is 109 Å². The van der Waals surface area contributed by atoms with Crippen LogP contribution in [0, 0.1) is 11.5 Å². The van der Waals surface area contributed by atoms with Crippen LogP contribution >= 0.6 is 0 Å². The first-order valence-corrected chi connectivity index (χ1v) is 39.2. The Kier molecular flexibility index (Phi) is 35.0. The SMILES string of the molecule is CC(=O)O[C@H](COCC#C[Si](C)(C)C(C)(C)C)Cn1cc(COC[C@H](Cn2cc(COC[C@H](Cn3cc(COC[C@H](Cn4cc(COC[C@H](Cn5cc(COC[C@H](Cn6cc(COC[C@H](Cn7cc(COC[C@H]8CO8)nn7)OC(C)=O)nn6)OC(C)=O)nn5)OC(C)=O)nn4)OC(C)=O)nn3)OC(C)=O)nn2)OC(C)=O)nn1. The highest BCUT2D eigenvalue weighted by Crippen LogP contribution is 2.35. The van der Waals surface area contributed by atoms with Crippen LogP contribution in [0.15, 0.2) is 43.4 Å². The fraction of sp³-hybridized carbons (Fsp3) is 0.662. The van der Waals surface area contributed by atoms with E-state index in [2.05, 4.69) is 118 Å². The number of hydrogen-bond acceptors (Lipinski definition) is 37. The second-order valence-corrected chi connectivity index (χ2v) is 32.9. The van der Waals surface area contributed by atoms with Gasteiger partial charge in [-0.25, -0.2) is 32.8 Å². The highest BCUT2D eigenvalue weighted by molar-refractivity contribution is 6.87. The Hall–Kier alpha value is -10.3. The van der Waals surface area contributed by atoms with Gasteiger partial charge < -0.3 is 75.8 Å². The summed E-state index contributed by atoms with van der Waals surface area (Å²) < 4.78 is 101. The topological polar surface area (TPSA) is 485 Å². The molecule has 0 saturated carbocycles. The van der Waals surface area contributed by atoms with Gasteiger partial charge in [0.1, 0.15) is 103 Å². The standard InChI is InChI=1S/C68H99N21O23Si/c1-46(90)106-60(37-97-14-13-15-113(11,12)68(8,9)10)23-83-16-53(69-76-83)30-98-38-61(107-47(2)91)24-84-17-54(70-77-84)31-99-39-62(108-48(3)92)25-85-18-55(71-78-85)32-100-40-63(109-49(4)93)26-86-19-56(72-79-86)33-101-41-64(110-50(5)94)27-87-20-57(73-80-87)34-102-42-65(111-51(6)95)28-88-21-58(74-81-88)35-103-43-66(112-52(7)96)29-89-22-59(75-82-89)36-104-44-67-45-105-67/h16-22,60-67H,14,23-45H2,1-12H3/t60-,61-,62-,63-,64-,65-,66-,67-/m0/s1. The average Bonchev–Trinajstić information content (AvgIpc) is 1.56. The Balaban J connectivity index is 0.711. The van der Waals surface area contributed by atoms with Gasteiger partial charge in [0.2, 0.25) is 0 Å². The molecule has 0 radical (unpaired) electrons. The number of epoxide rings is 1. The largest absolute Gasteiger partial charge is 0.458 e. The second kappa shape index (κ2) is 44.8. The van der Waals surface area contributed by atoms with Crippen molar-refractivity contribution >= 4 is 49.9 Å². The Morgan fingerprint density at radius 2 is 0.558 bits per heavy atom. The van der Waals surface area contributed by atoms with Crippen molar-refractivity contribution in [3.05, 3.63) is 83.2 Å². The van der Waals surface area contributed by atoms with Crippen molar-refractivity contribution in [1.29, 1.82) is 0 Å². The number of aromatic nitrogens is 21. The highest BCUT2D eigenvalue weighted by atomic mass is 28.3. The molecule has 1 saturated heterocycles. The summed E-state index contributed by atoms with van der Waals surface area (Å²) in [5.74, 6) is -0.584. The molecule has 0 bridgehead atoms. The molecule has 0 aromatic carbocycles. The summed E-state index contributed by atoms with van der Waals surface area (Å²) in [5, 5.41) is 58.2. The van der Waals surface area contributed by atoms with Crippen LogP contribution in [0.5, 0.6) is 0 Å². The predicted molar refractivity (Wildman–Crippen MR) is 382 cm³/mol. The minimum Gasteiger partial charge on any atom is -0.458 e. The van der Waals surface area contributed by atoms with E-state index in [9.17, 15) is 33.6 Å². The number of carbonyl (C=O) groups is 7. The zero-order valence-corrected chi connectivity index (χ0v) is 66.4. The van der Waals surface area contributed by atoms with Crippen molar-refractivity contribution in [2.24, 2.45) is 0 Å². The minimum absolute atomic E-state index is 0.0203. The molecule has 45 heteroatoms. The molecular formula is C68H99N21O23Si. The van der Waals surface area contributed by atoms with Gasteiger partial charge in [-0.2, -0.15) is 0 Å². The van der Waals surface area contributed by atoms with E-state index in [1.54, 1.807) is 43.4 Å². The molecule has 0 spiro atoms. The van der Waals surface area contributed by atoms with Gasteiger partial charge in [-0.05, 0) is 5.04 Å². The Labute approximate surface area is 650 Å². The van der Waals surface area contributed by atoms with Gasteiger partial charge >= 0.3 is 41.8 Å². The van der Waals surface area contributed by atoms with Crippen molar-refractivity contribution < 1.29 is 109 Å². The van der Waals surface area contributed by atoms with Crippen LogP contribution in [0.4, 0.5) is 0 Å². The molecule has 1 aliphatic rings. The van der Waals surface area contributed by atoms with Crippen molar-refractivity contribution in [2.75, 3.05) is 66.1 Å². The lowest BCUT2D eigenvalue weighted by molar-refractivity contribution is -0.151. The summed E-state index contributed by atoms with van der Waals surface area (Å²) in [7, 11) is -1.80. The molecule has 44 nitrogen and oxygen atoms in total. The molecule has 0 amide bonds. The third-order valence-corrected chi connectivity index (χ3v) is 20.7. The molecule has 8 atom stereocenters. The fourth-order valence-corrected chi connectivity index (χ4v) is 11.2. The van der Waals surface area contributed by atoms with Crippen molar-refractivity contribution in [1.82, 2.24) is 105 Å². The summed E-state index contributed by atoms with van der Waals surface area (Å²) in [4.78, 5) is 84.5. The van der Waals surface area contributed by atoms with Gasteiger partial charge in [0, 0.05) is 48.5 Å². The normalized spacial score (nSPS) is 14.7. The predicted octanol–water partition coefficient (Wildman–Crippen LogP) is 0.633. The second-order valence-electron chi connectivity index (χ2n) is 27.9. The van der Waals surface area contributed by atoms with Gasteiger partial charge in [0.25, 0.3) is 0 Å². The molecule has 0 N–H and O–H groups in total. The van der Waals surface area contributed by atoms with E-state index in [0.717, 1.165) is 0 Å². The fourth-order valence-electron chi connectivity index (χ4n) is 10.3. The van der Waals surface area contributed by atoms with Gasteiger partial charge in [-0.1, -0.05) is 76.3 Å². The molecule has 8 rings (SSSR count). The van der Waals surface area contributed by atoms with Crippen molar-refractivity contribution in [2.45, 2.75) is 228 Å². The van der Waals surface area contributed by atoms with Crippen molar-refractivity contribution in [3.8, 4) is 11.5 Å². The van der Waals surface area contributed by atoms with E-state index < -0.39 is 92.6 Å². The molecule has 1 fully saturated rings. The summed E-state index contributed by atoms with van der Waals surface area (Å²) in [5.41, 5.74) is 6.62. The van der Waals surface area contributed by atoms with E-state index in [1.165, 1.54) is 81.2 Å². The summed E-state index contributed by atoms with van der Waals surface area (Å²) in [6.07, 6.45) is 6.23. The first-order chi connectivity index (χ1) is 54.0. The van der Waals surface area contributed by atoms with Gasteiger partial charge in [0.15, 0.2) is 0 Å². The Bertz CT molecular complexity index is 4190. The van der Waals surface area contributed by atoms with Crippen LogP contribution < -0.4 is 0 Å². The first-order valence-electron chi connectivity index (χ1n) is 36.2. The summed E-state index contributed by atoms with van der Waals surface area (Å²) >= 11 is 0. The summed E-state index contributed by atoms with van der Waals surface area (Å²) in [6, 6.07) is 0. The van der Waals surface area contributed by atoms with Crippen LogP contribution in [0.2, 0.25) is 18.1 Å². The van der Waals surface area contributed by atoms with Crippen LogP contribution in [-0.2, 0) is 201 Å². The number of esters is 7. The molecule has 7 aromatic heterocycles. The molecule has 8 heterocycles. The third kappa shape index (κ3) is 34.3. The van der Waals surface area contributed by atoms with Crippen LogP contribution in [0.25, 0.3) is 0 Å². The summed E-state index contributed by atoms with van der Waals surface area (Å²) in [6.45, 7) is 22.1. The number of rotatable bonds is 52. The van der Waals surface area contributed by atoms with Crippen LogP contribution in [0.3, 0.4) is 0 Å². The number of hydrogen-bond donors (Lipinski definition) is 0. The Morgan fingerprint density at radius 1 is 0.363 bits per heavy atom. The third-order valence-electron chi connectivity index (χ3n) is 16.2. The minimum atomic E-state index is -1.80. The molecule has 0 aliphatic carbocycles.